The molecule has 2 aliphatic heterocycles. The van der Waals surface area contributed by atoms with Gasteiger partial charge < -0.3 is 14.9 Å². The second-order valence-corrected chi connectivity index (χ2v) is 6.57. The first kappa shape index (κ1) is 17.1. The Balaban J connectivity index is 1.60. The van der Waals surface area contributed by atoms with Crippen molar-refractivity contribution in [1.82, 2.24) is 14.7 Å². The predicted octanol–water partition coefficient (Wildman–Crippen LogP) is 0.658. The molecule has 1 amide bonds. The topological polar surface area (TPSA) is 47.0 Å². The molecule has 0 unspecified atom stereocenters. The molecule has 2 fully saturated rings. The molecule has 24 heavy (non-hydrogen) atoms. The first-order valence-electron chi connectivity index (χ1n) is 8.37. The minimum atomic E-state index is -0.529. The first-order valence-corrected chi connectivity index (χ1v) is 8.37. The van der Waals surface area contributed by atoms with Crippen LogP contribution in [0.4, 0.5) is 4.39 Å². The van der Waals surface area contributed by atoms with E-state index in [1.165, 1.54) is 18.2 Å². The van der Waals surface area contributed by atoms with E-state index in [0.717, 1.165) is 26.2 Å². The molecule has 0 saturated carbocycles. The summed E-state index contributed by atoms with van der Waals surface area (Å²) >= 11 is 0. The van der Waals surface area contributed by atoms with Crippen LogP contribution in [0, 0.1) is 5.82 Å². The zero-order chi connectivity index (χ0) is 17.1. The van der Waals surface area contributed by atoms with E-state index in [0.29, 0.717) is 18.7 Å². The van der Waals surface area contributed by atoms with Gasteiger partial charge in [0.2, 0.25) is 5.91 Å². The van der Waals surface area contributed by atoms with Gasteiger partial charge in [0.1, 0.15) is 5.82 Å². The SMILES string of the molecule is CN1CCN([C@@H]2CN(C(=O)/C=C/c3ccccc3F)C[C@H]2O)CC1. The fourth-order valence-corrected chi connectivity index (χ4v) is 3.34. The number of likely N-dealkylation sites (tertiary alicyclic amines) is 1. The number of hydrogen-bond acceptors (Lipinski definition) is 4. The van der Waals surface area contributed by atoms with E-state index in [-0.39, 0.29) is 17.8 Å². The smallest absolute Gasteiger partial charge is 0.246 e. The monoisotopic (exact) mass is 333 g/mol. The van der Waals surface area contributed by atoms with Gasteiger partial charge in [-0.3, -0.25) is 9.69 Å². The summed E-state index contributed by atoms with van der Waals surface area (Å²) in [5, 5.41) is 10.3. The number of carbonyl (C=O) groups is 1. The van der Waals surface area contributed by atoms with E-state index in [9.17, 15) is 14.3 Å². The van der Waals surface area contributed by atoms with Gasteiger partial charge in [0.25, 0.3) is 0 Å². The number of amides is 1. The van der Waals surface area contributed by atoms with Crippen molar-refractivity contribution >= 4 is 12.0 Å². The van der Waals surface area contributed by atoms with E-state index in [1.54, 1.807) is 23.1 Å². The Morgan fingerprint density at radius 1 is 1.21 bits per heavy atom. The average molecular weight is 333 g/mol. The lowest BCUT2D eigenvalue weighted by Crippen LogP contribution is -2.52. The Labute approximate surface area is 142 Å². The fourth-order valence-electron chi connectivity index (χ4n) is 3.34. The third-order valence-corrected chi connectivity index (χ3v) is 4.89. The van der Waals surface area contributed by atoms with Gasteiger partial charge in [0, 0.05) is 50.9 Å². The van der Waals surface area contributed by atoms with Gasteiger partial charge in [-0.05, 0) is 19.2 Å². The molecule has 0 spiro atoms. The minimum absolute atomic E-state index is 0.00971. The van der Waals surface area contributed by atoms with E-state index >= 15 is 0 Å². The molecule has 0 aromatic heterocycles. The molecule has 3 rings (SSSR count). The highest BCUT2D eigenvalue weighted by atomic mass is 19.1. The highest BCUT2D eigenvalue weighted by Crippen LogP contribution is 2.19. The minimum Gasteiger partial charge on any atom is -0.390 e. The Morgan fingerprint density at radius 3 is 2.62 bits per heavy atom. The van der Waals surface area contributed by atoms with Gasteiger partial charge in [0.15, 0.2) is 0 Å². The lowest BCUT2D eigenvalue weighted by Gasteiger charge is -2.37. The van der Waals surface area contributed by atoms with Gasteiger partial charge in [-0.15, -0.1) is 0 Å². The predicted molar refractivity (Wildman–Crippen MR) is 90.9 cm³/mol. The van der Waals surface area contributed by atoms with Crippen LogP contribution in [-0.4, -0.2) is 84.2 Å². The number of hydrogen-bond donors (Lipinski definition) is 1. The Morgan fingerprint density at radius 2 is 1.92 bits per heavy atom. The number of aliphatic hydroxyl groups excluding tert-OH is 1. The molecule has 2 atom stereocenters. The maximum absolute atomic E-state index is 13.6. The molecule has 1 aromatic carbocycles. The third kappa shape index (κ3) is 3.83. The van der Waals surface area contributed by atoms with Crippen LogP contribution in [0.2, 0.25) is 0 Å². The summed E-state index contributed by atoms with van der Waals surface area (Å²) in [5.74, 6) is -0.535. The fraction of sp³-hybridized carbons (Fsp3) is 0.500. The summed E-state index contributed by atoms with van der Waals surface area (Å²) in [6.45, 7) is 4.62. The molecule has 0 bridgehead atoms. The van der Waals surface area contributed by atoms with E-state index in [2.05, 4.69) is 16.8 Å². The van der Waals surface area contributed by atoms with Crippen LogP contribution in [0.15, 0.2) is 30.3 Å². The van der Waals surface area contributed by atoms with Crippen LogP contribution in [-0.2, 0) is 4.79 Å². The van der Waals surface area contributed by atoms with Gasteiger partial charge in [-0.25, -0.2) is 4.39 Å². The van der Waals surface area contributed by atoms with Gasteiger partial charge in [-0.1, -0.05) is 18.2 Å². The standard InChI is InChI=1S/C18H24FN3O2/c1-20-8-10-21(11-9-20)16-12-22(13-17(16)23)18(24)7-6-14-4-2-3-5-15(14)19/h2-7,16-17,23H,8-13H2,1H3/b7-6+/t16-,17-/m1/s1. The number of halogens is 1. The van der Waals surface area contributed by atoms with Crippen molar-refractivity contribution in [3.05, 3.63) is 41.7 Å². The van der Waals surface area contributed by atoms with Crippen molar-refractivity contribution in [3.63, 3.8) is 0 Å². The third-order valence-electron chi connectivity index (χ3n) is 4.89. The highest BCUT2D eigenvalue weighted by Gasteiger charge is 2.37. The van der Waals surface area contributed by atoms with E-state index in [4.69, 9.17) is 0 Å². The molecule has 1 N–H and O–H groups in total. The summed E-state index contributed by atoms with van der Waals surface area (Å²) < 4.78 is 13.6. The summed E-state index contributed by atoms with van der Waals surface area (Å²) in [7, 11) is 2.09. The molecule has 130 valence electrons. The Bertz CT molecular complexity index is 614. The number of nitrogens with zero attached hydrogens (tertiary/aromatic N) is 3. The molecule has 1 aromatic rings. The van der Waals surface area contributed by atoms with Gasteiger partial charge >= 0.3 is 0 Å². The van der Waals surface area contributed by atoms with Crippen LogP contribution >= 0.6 is 0 Å². The number of carbonyl (C=O) groups excluding carboxylic acids is 1. The zero-order valence-electron chi connectivity index (χ0n) is 13.9. The maximum Gasteiger partial charge on any atom is 0.246 e. The number of rotatable bonds is 3. The zero-order valence-corrected chi connectivity index (χ0v) is 13.9. The van der Waals surface area contributed by atoms with Crippen molar-refractivity contribution in [2.75, 3.05) is 46.3 Å². The largest absolute Gasteiger partial charge is 0.390 e. The van der Waals surface area contributed by atoms with Gasteiger partial charge in [-0.2, -0.15) is 0 Å². The summed E-state index contributed by atoms with van der Waals surface area (Å²) in [4.78, 5) is 18.5. The second-order valence-electron chi connectivity index (χ2n) is 6.57. The molecule has 5 nitrogen and oxygen atoms in total. The quantitative estimate of drug-likeness (QED) is 0.826. The molecule has 6 heteroatoms. The van der Waals surface area contributed by atoms with Crippen LogP contribution in [0.3, 0.4) is 0 Å². The van der Waals surface area contributed by atoms with Gasteiger partial charge in [0.05, 0.1) is 12.1 Å². The number of benzene rings is 1. The normalized spacial score (nSPS) is 26.4. The Hall–Kier alpha value is -1.76. The average Bonchev–Trinajstić information content (AvgIpc) is 2.96. The van der Waals surface area contributed by atoms with Crippen LogP contribution in [0.25, 0.3) is 6.08 Å². The van der Waals surface area contributed by atoms with Crippen LogP contribution in [0.5, 0.6) is 0 Å². The lowest BCUT2D eigenvalue weighted by atomic mass is 10.1. The number of piperazine rings is 1. The summed E-state index contributed by atoms with van der Waals surface area (Å²) in [6.07, 6.45) is 2.35. The van der Waals surface area contributed by atoms with Crippen molar-refractivity contribution in [2.24, 2.45) is 0 Å². The van der Waals surface area contributed by atoms with Crippen molar-refractivity contribution < 1.29 is 14.3 Å². The Kier molecular flexibility index (Phi) is 5.28. The number of β-amino-alcohol motifs (C(OH)–C–C–N with tert-alkyl or cyclic N) is 1. The molecule has 0 aliphatic carbocycles. The summed E-state index contributed by atoms with van der Waals surface area (Å²) in [6, 6.07) is 6.34. The molecule has 2 heterocycles. The second kappa shape index (κ2) is 7.42. The molecule has 2 saturated heterocycles. The maximum atomic E-state index is 13.6. The molecule has 0 radical (unpaired) electrons. The van der Waals surface area contributed by atoms with Crippen LogP contribution < -0.4 is 0 Å². The van der Waals surface area contributed by atoms with Crippen LogP contribution in [0.1, 0.15) is 5.56 Å². The number of likely N-dealkylation sites (N-methyl/N-ethyl adjacent to an activating group) is 1. The van der Waals surface area contributed by atoms with E-state index in [1.807, 2.05) is 0 Å². The molecular formula is C18H24FN3O2. The lowest BCUT2D eigenvalue weighted by molar-refractivity contribution is -0.125. The first-order chi connectivity index (χ1) is 11.5. The number of aliphatic hydroxyl groups is 1. The highest BCUT2D eigenvalue weighted by molar-refractivity contribution is 5.92. The summed E-state index contributed by atoms with van der Waals surface area (Å²) in [5.41, 5.74) is 0.390. The van der Waals surface area contributed by atoms with Crippen molar-refractivity contribution in [3.8, 4) is 0 Å². The van der Waals surface area contributed by atoms with Crippen molar-refractivity contribution in [1.29, 1.82) is 0 Å². The molecular weight excluding hydrogens is 309 g/mol. The van der Waals surface area contributed by atoms with E-state index < -0.39 is 6.10 Å². The van der Waals surface area contributed by atoms with Crippen molar-refractivity contribution in [2.45, 2.75) is 12.1 Å². The molecule has 2 aliphatic rings.